The number of nitrogens with zero attached hydrogens (tertiary/aromatic N) is 2. The average Bonchev–Trinajstić information content (AvgIpc) is 4.08. The zero-order chi connectivity index (χ0) is 40.9. The summed E-state index contributed by atoms with van der Waals surface area (Å²) in [5, 5.41) is 0. The minimum absolute atomic E-state index is 0.240. The fourth-order valence-corrected chi connectivity index (χ4v) is 5.94. The molecule has 14 heteroatoms. The van der Waals surface area contributed by atoms with Crippen LogP contribution in [0.5, 0.6) is 0 Å². The van der Waals surface area contributed by atoms with E-state index in [1.807, 2.05) is 24.3 Å². The molecule has 4 rings (SSSR count). The molecule has 0 N–H and O–H groups in total. The normalized spacial score (nSPS) is 11.4. The van der Waals surface area contributed by atoms with Gasteiger partial charge in [0.1, 0.15) is 49.5 Å². The maximum Gasteiger partial charge on any atom is 0.306 e. The van der Waals surface area contributed by atoms with Crippen LogP contribution in [0.2, 0.25) is 0 Å². The van der Waals surface area contributed by atoms with Crippen molar-refractivity contribution in [3.05, 3.63) is 109 Å². The molecule has 0 unspecified atom stereocenters. The number of carbonyl (C=O) groups is 4. The molecule has 0 amide bonds. The molecule has 4 aromatic heterocycles. The number of furan rings is 4. The van der Waals surface area contributed by atoms with E-state index < -0.39 is 0 Å². The van der Waals surface area contributed by atoms with E-state index in [4.69, 9.17) is 36.6 Å². The summed E-state index contributed by atoms with van der Waals surface area (Å²) in [5.41, 5.74) is 0. The number of carbonyl (C=O) groups excluding carboxylic acids is 4. The molecule has 0 aliphatic rings. The lowest BCUT2D eigenvalue weighted by Gasteiger charge is -2.22. The number of ether oxygens (including phenoxy) is 4. The van der Waals surface area contributed by atoms with Crippen molar-refractivity contribution in [2.24, 2.45) is 0 Å². The Morgan fingerprint density at radius 1 is 0.431 bits per heavy atom. The Balaban J connectivity index is 1.13. The van der Waals surface area contributed by atoms with Gasteiger partial charge in [-0.1, -0.05) is 12.2 Å². The lowest BCUT2D eigenvalue weighted by Crippen LogP contribution is -2.33. The van der Waals surface area contributed by atoms with Crippen molar-refractivity contribution in [3.8, 4) is 0 Å². The third-order valence-corrected chi connectivity index (χ3v) is 9.16. The van der Waals surface area contributed by atoms with Crippen LogP contribution in [-0.2, 0) is 63.8 Å². The van der Waals surface area contributed by atoms with Crippen LogP contribution in [-0.4, -0.2) is 99.4 Å². The Morgan fingerprint density at radius 2 is 0.707 bits per heavy atom. The molecule has 4 heterocycles. The Bertz CT molecular complexity index is 1440. The fraction of sp³-hybridized carbons (Fsp3) is 0.500. The van der Waals surface area contributed by atoms with Gasteiger partial charge in [-0.05, 0) is 87.3 Å². The second-order valence-electron chi connectivity index (χ2n) is 13.6. The fourth-order valence-electron chi connectivity index (χ4n) is 5.94. The van der Waals surface area contributed by atoms with E-state index >= 15 is 0 Å². The van der Waals surface area contributed by atoms with Crippen LogP contribution in [0, 0.1) is 0 Å². The SMILES string of the molecule is O=C(CCc1ccco1)OCCN(CCC/C=C\CCCN(CCOC(=O)CCc1ccco1)CCOC(=O)CCc1ccco1)CCOC(=O)CCc1ccco1. The number of esters is 4. The number of unbranched alkanes of at least 4 members (excludes halogenated alkanes) is 2. The monoisotopic (exact) mass is 806 g/mol. The number of hydrogen-bond donors (Lipinski definition) is 0. The van der Waals surface area contributed by atoms with Crippen LogP contribution in [0.25, 0.3) is 0 Å². The number of hydrogen-bond acceptors (Lipinski definition) is 14. The van der Waals surface area contributed by atoms with Crippen molar-refractivity contribution in [2.45, 2.75) is 77.0 Å². The van der Waals surface area contributed by atoms with Crippen LogP contribution in [0.15, 0.2) is 103 Å². The van der Waals surface area contributed by atoms with Crippen LogP contribution >= 0.6 is 0 Å². The summed E-state index contributed by atoms with van der Waals surface area (Å²) in [6, 6.07) is 14.5. The molecule has 4 aromatic rings. The van der Waals surface area contributed by atoms with Crippen LogP contribution < -0.4 is 0 Å². The Morgan fingerprint density at radius 3 is 0.948 bits per heavy atom. The number of allylic oxidation sites excluding steroid dienone is 2. The van der Waals surface area contributed by atoms with E-state index in [0.717, 1.165) is 61.8 Å². The van der Waals surface area contributed by atoms with Crippen molar-refractivity contribution >= 4 is 23.9 Å². The van der Waals surface area contributed by atoms with Gasteiger partial charge < -0.3 is 36.6 Å². The molecule has 0 saturated carbocycles. The van der Waals surface area contributed by atoms with Gasteiger partial charge in [0.05, 0.1) is 50.7 Å². The lowest BCUT2D eigenvalue weighted by molar-refractivity contribution is -0.146. The standard InChI is InChI=1S/C44H58N2O12/c47-41(19-15-37-11-7-29-51-37)55-33-25-45(26-34-56-42(48)20-16-38-12-8-30-52-38)23-5-3-1-2-4-6-24-46(27-35-57-43(49)21-17-39-13-9-31-53-39)28-36-58-44(50)22-18-40-14-10-32-54-40/h1-2,7-14,29-32H,3-6,15-28,33-36H2/b2-1-. The Kier molecular flexibility index (Phi) is 22.0. The summed E-state index contributed by atoms with van der Waals surface area (Å²) in [4.78, 5) is 53.4. The average molecular weight is 807 g/mol. The molecular weight excluding hydrogens is 748 g/mol. The van der Waals surface area contributed by atoms with Gasteiger partial charge in [-0.3, -0.25) is 29.0 Å². The van der Waals surface area contributed by atoms with Gasteiger partial charge in [0, 0.05) is 51.9 Å². The molecule has 0 fully saturated rings. The van der Waals surface area contributed by atoms with Gasteiger partial charge in [0.25, 0.3) is 0 Å². The molecule has 14 nitrogen and oxygen atoms in total. The Labute approximate surface area is 340 Å². The molecule has 0 atom stereocenters. The topological polar surface area (TPSA) is 164 Å². The Hall–Kier alpha value is -5.34. The molecule has 0 radical (unpaired) electrons. The zero-order valence-electron chi connectivity index (χ0n) is 33.4. The van der Waals surface area contributed by atoms with Crippen molar-refractivity contribution < 1.29 is 55.8 Å². The predicted octanol–water partition coefficient (Wildman–Crippen LogP) is 6.78. The first-order valence-corrected chi connectivity index (χ1v) is 20.2. The van der Waals surface area contributed by atoms with E-state index in [2.05, 4.69) is 22.0 Å². The molecule has 0 saturated heterocycles. The first-order valence-electron chi connectivity index (χ1n) is 20.2. The van der Waals surface area contributed by atoms with Gasteiger partial charge >= 0.3 is 23.9 Å². The first kappa shape index (κ1) is 45.4. The van der Waals surface area contributed by atoms with Crippen molar-refractivity contribution in [3.63, 3.8) is 0 Å². The molecular formula is C44H58N2O12. The summed E-state index contributed by atoms with van der Waals surface area (Å²) in [7, 11) is 0. The van der Waals surface area contributed by atoms with E-state index in [1.54, 1.807) is 49.3 Å². The van der Waals surface area contributed by atoms with Crippen molar-refractivity contribution in [2.75, 3.05) is 65.7 Å². The highest BCUT2D eigenvalue weighted by atomic mass is 16.5. The highest BCUT2D eigenvalue weighted by Gasteiger charge is 2.13. The molecule has 0 aliphatic heterocycles. The minimum Gasteiger partial charge on any atom is -0.469 e. The van der Waals surface area contributed by atoms with E-state index in [1.165, 1.54) is 0 Å². The van der Waals surface area contributed by atoms with Crippen molar-refractivity contribution in [1.82, 2.24) is 9.80 Å². The third-order valence-electron chi connectivity index (χ3n) is 9.16. The maximum absolute atomic E-state index is 12.3. The largest absolute Gasteiger partial charge is 0.469 e. The minimum atomic E-state index is -0.286. The quantitative estimate of drug-likeness (QED) is 0.0219. The first-order chi connectivity index (χ1) is 28.4. The van der Waals surface area contributed by atoms with Gasteiger partial charge in [-0.2, -0.15) is 0 Å². The van der Waals surface area contributed by atoms with E-state index in [-0.39, 0.29) is 76.0 Å². The maximum atomic E-state index is 12.3. The third kappa shape index (κ3) is 20.7. The summed E-state index contributed by atoms with van der Waals surface area (Å²) >= 11 is 0. The summed E-state index contributed by atoms with van der Waals surface area (Å²) in [5.74, 6) is 1.82. The van der Waals surface area contributed by atoms with E-state index in [9.17, 15) is 19.2 Å². The molecule has 316 valence electrons. The van der Waals surface area contributed by atoms with Gasteiger partial charge in [-0.15, -0.1) is 0 Å². The van der Waals surface area contributed by atoms with Gasteiger partial charge in [0.15, 0.2) is 0 Å². The second kappa shape index (κ2) is 28.1. The predicted molar refractivity (Wildman–Crippen MR) is 212 cm³/mol. The highest BCUT2D eigenvalue weighted by molar-refractivity contribution is 5.70. The lowest BCUT2D eigenvalue weighted by atomic mass is 10.2. The van der Waals surface area contributed by atoms with Crippen LogP contribution in [0.3, 0.4) is 0 Å². The molecule has 58 heavy (non-hydrogen) atoms. The molecule has 0 bridgehead atoms. The molecule has 0 spiro atoms. The highest BCUT2D eigenvalue weighted by Crippen LogP contribution is 2.09. The van der Waals surface area contributed by atoms with Gasteiger partial charge in [-0.25, -0.2) is 0 Å². The smallest absolute Gasteiger partial charge is 0.306 e. The van der Waals surface area contributed by atoms with E-state index in [0.29, 0.717) is 51.9 Å². The molecule has 0 aliphatic carbocycles. The second-order valence-corrected chi connectivity index (χ2v) is 13.6. The van der Waals surface area contributed by atoms with Crippen LogP contribution in [0.1, 0.15) is 74.4 Å². The summed E-state index contributed by atoms with van der Waals surface area (Å²) < 4.78 is 43.1. The molecule has 0 aromatic carbocycles. The number of rotatable bonds is 32. The van der Waals surface area contributed by atoms with Crippen LogP contribution in [0.4, 0.5) is 0 Å². The number of aryl methyl sites for hydroxylation is 4. The van der Waals surface area contributed by atoms with Crippen molar-refractivity contribution in [1.29, 1.82) is 0 Å². The summed E-state index contributed by atoms with van der Waals surface area (Å²) in [6.07, 6.45) is 17.0. The zero-order valence-corrected chi connectivity index (χ0v) is 33.4. The van der Waals surface area contributed by atoms with Gasteiger partial charge in [0.2, 0.25) is 0 Å². The summed E-state index contributed by atoms with van der Waals surface area (Å²) in [6.45, 7) is 4.54.